The summed E-state index contributed by atoms with van der Waals surface area (Å²) < 4.78 is 2.61. The Balaban J connectivity index is 1.90. The van der Waals surface area contributed by atoms with Crippen molar-refractivity contribution in [3.8, 4) is 10.0 Å². The molecule has 0 bridgehead atoms. The number of benzene rings is 1. The normalized spacial score (nSPS) is 14.3. The first-order valence-electron chi connectivity index (χ1n) is 7.19. The van der Waals surface area contributed by atoms with Crippen molar-refractivity contribution >= 4 is 41.6 Å². The van der Waals surface area contributed by atoms with Crippen molar-refractivity contribution in [2.24, 2.45) is 0 Å². The molecule has 2 aromatic heterocycles. The molecule has 4 heteroatoms. The molecule has 0 spiro atoms. The maximum atomic E-state index is 6.44. The topological polar surface area (TPSA) is 38.9 Å². The van der Waals surface area contributed by atoms with E-state index >= 15 is 0 Å². The van der Waals surface area contributed by atoms with Gasteiger partial charge >= 0.3 is 135 Å². The third-order valence-corrected chi connectivity index (χ3v) is 6.89. The van der Waals surface area contributed by atoms with Crippen molar-refractivity contribution in [1.82, 2.24) is 4.98 Å². The monoisotopic (exact) mass is 362 g/mol. The molecular formula is C17H15ClN2Se. The van der Waals surface area contributed by atoms with Crippen LogP contribution in [0.3, 0.4) is 0 Å². The summed E-state index contributed by atoms with van der Waals surface area (Å²) in [5, 5.41) is 0.774. The van der Waals surface area contributed by atoms with Gasteiger partial charge in [-0.15, -0.1) is 0 Å². The molecule has 0 radical (unpaired) electrons. The fourth-order valence-electron chi connectivity index (χ4n) is 3.00. The number of anilines is 1. The van der Waals surface area contributed by atoms with Crippen molar-refractivity contribution in [2.75, 3.05) is 5.73 Å². The summed E-state index contributed by atoms with van der Waals surface area (Å²) in [5.41, 5.74) is 12.3. The van der Waals surface area contributed by atoms with Crippen LogP contribution in [-0.4, -0.2) is 19.5 Å². The van der Waals surface area contributed by atoms with Gasteiger partial charge in [0.2, 0.25) is 0 Å². The second-order valence-electron chi connectivity index (χ2n) is 5.49. The van der Waals surface area contributed by atoms with Crippen LogP contribution in [0.15, 0.2) is 30.3 Å². The van der Waals surface area contributed by atoms with Crippen LogP contribution in [0.2, 0.25) is 5.02 Å². The Kier molecular flexibility index (Phi) is 3.30. The standard InChI is InChI=1S/C17H15ClN2Se/c18-11-7-5-10(6-8-11)15-9-14-17(21-15)16(19)12-3-1-2-4-13(12)20-14/h5-9H,1-4H2,(H2,19,20). The van der Waals surface area contributed by atoms with Gasteiger partial charge in [-0.25, -0.2) is 0 Å². The Labute approximate surface area is 134 Å². The summed E-state index contributed by atoms with van der Waals surface area (Å²) in [6.07, 6.45) is 4.64. The molecule has 1 aliphatic rings. The fraction of sp³-hybridized carbons (Fsp3) is 0.235. The summed E-state index contributed by atoms with van der Waals surface area (Å²) in [6.45, 7) is 0. The molecular weight excluding hydrogens is 347 g/mol. The van der Waals surface area contributed by atoms with E-state index in [0.29, 0.717) is 0 Å². The molecule has 0 saturated carbocycles. The minimum atomic E-state index is 0.243. The van der Waals surface area contributed by atoms with Gasteiger partial charge in [0, 0.05) is 0 Å². The number of nitrogens with two attached hydrogens (primary N) is 1. The average molecular weight is 362 g/mol. The van der Waals surface area contributed by atoms with E-state index in [-0.39, 0.29) is 14.5 Å². The Morgan fingerprint density at radius 1 is 1.10 bits per heavy atom. The number of rotatable bonds is 1. The second kappa shape index (κ2) is 5.17. The van der Waals surface area contributed by atoms with Crippen LogP contribution < -0.4 is 5.73 Å². The second-order valence-corrected chi connectivity index (χ2v) is 8.13. The van der Waals surface area contributed by atoms with E-state index in [0.717, 1.165) is 29.1 Å². The predicted octanol–water partition coefficient (Wildman–Crippen LogP) is 4.07. The number of hydrogen-bond acceptors (Lipinski definition) is 2. The summed E-state index contributed by atoms with van der Waals surface area (Å²) in [6, 6.07) is 10.3. The molecule has 21 heavy (non-hydrogen) atoms. The Morgan fingerprint density at radius 2 is 1.86 bits per heavy atom. The average Bonchev–Trinajstić information content (AvgIpc) is 2.92. The van der Waals surface area contributed by atoms with E-state index in [1.165, 1.54) is 38.4 Å². The molecule has 0 aliphatic heterocycles. The number of fused-ring (bicyclic) bond motifs is 2. The van der Waals surface area contributed by atoms with Gasteiger partial charge in [-0.1, -0.05) is 0 Å². The van der Waals surface area contributed by atoms with Crippen molar-refractivity contribution in [1.29, 1.82) is 0 Å². The summed E-state index contributed by atoms with van der Waals surface area (Å²) in [5.74, 6) is 0. The van der Waals surface area contributed by atoms with Crippen LogP contribution in [0, 0.1) is 0 Å². The van der Waals surface area contributed by atoms with Gasteiger partial charge in [0.25, 0.3) is 0 Å². The van der Waals surface area contributed by atoms with E-state index in [1.807, 2.05) is 12.1 Å². The van der Waals surface area contributed by atoms with E-state index < -0.39 is 0 Å². The van der Waals surface area contributed by atoms with Gasteiger partial charge in [-0.2, -0.15) is 0 Å². The third-order valence-electron chi connectivity index (χ3n) is 4.11. The van der Waals surface area contributed by atoms with Crippen LogP contribution in [0.25, 0.3) is 19.8 Å². The number of hydrogen-bond donors (Lipinski definition) is 1. The number of halogens is 1. The van der Waals surface area contributed by atoms with Gasteiger partial charge in [0.05, 0.1) is 0 Å². The molecule has 2 heterocycles. The van der Waals surface area contributed by atoms with Gasteiger partial charge in [0.1, 0.15) is 0 Å². The van der Waals surface area contributed by atoms with Crippen LogP contribution in [-0.2, 0) is 12.8 Å². The zero-order valence-corrected chi connectivity index (χ0v) is 14.0. The van der Waals surface area contributed by atoms with Gasteiger partial charge in [-0.05, 0) is 0 Å². The van der Waals surface area contributed by atoms with Crippen molar-refractivity contribution in [3.05, 3.63) is 46.6 Å². The SMILES string of the molecule is Nc1c2c(nc3cc(-c4ccc(Cl)cc4)[se]c13)CCCC2. The Bertz CT molecular complexity index is 821. The van der Waals surface area contributed by atoms with E-state index in [2.05, 4.69) is 18.2 Å². The van der Waals surface area contributed by atoms with Crippen LogP contribution in [0.4, 0.5) is 5.69 Å². The minimum absolute atomic E-state index is 0.243. The van der Waals surface area contributed by atoms with E-state index in [4.69, 9.17) is 22.3 Å². The maximum absolute atomic E-state index is 6.44. The van der Waals surface area contributed by atoms with Crippen molar-refractivity contribution < 1.29 is 0 Å². The Morgan fingerprint density at radius 3 is 2.67 bits per heavy atom. The molecule has 4 rings (SSSR count). The zero-order chi connectivity index (χ0) is 14.4. The Hall–Kier alpha value is -1.28. The fourth-order valence-corrected chi connectivity index (χ4v) is 5.41. The van der Waals surface area contributed by atoms with Gasteiger partial charge in [0.15, 0.2) is 0 Å². The molecule has 0 saturated heterocycles. The number of aromatic nitrogens is 1. The first-order chi connectivity index (χ1) is 10.2. The summed E-state index contributed by atoms with van der Waals surface area (Å²) in [4.78, 5) is 4.88. The first-order valence-corrected chi connectivity index (χ1v) is 9.28. The van der Waals surface area contributed by atoms with Crippen LogP contribution >= 0.6 is 11.6 Å². The molecule has 3 aromatic rings. The molecule has 0 amide bonds. The quantitative estimate of drug-likeness (QED) is 0.663. The number of nitrogen functional groups attached to an aromatic ring is 1. The molecule has 1 aromatic carbocycles. The molecule has 0 fully saturated rings. The van der Waals surface area contributed by atoms with Crippen molar-refractivity contribution in [2.45, 2.75) is 25.7 Å². The molecule has 0 atom stereocenters. The first kappa shape index (κ1) is 13.4. The number of nitrogens with zero attached hydrogens (tertiary/aromatic N) is 1. The van der Waals surface area contributed by atoms with Gasteiger partial charge < -0.3 is 0 Å². The molecule has 2 N–H and O–H groups in total. The van der Waals surface area contributed by atoms with Crippen molar-refractivity contribution in [3.63, 3.8) is 0 Å². The number of aryl methyl sites for hydroxylation is 1. The predicted molar refractivity (Wildman–Crippen MR) is 90.2 cm³/mol. The summed E-state index contributed by atoms with van der Waals surface area (Å²) >= 11 is 6.21. The molecule has 106 valence electrons. The molecule has 2 nitrogen and oxygen atoms in total. The number of pyridine rings is 1. The van der Waals surface area contributed by atoms with E-state index in [1.54, 1.807) is 0 Å². The van der Waals surface area contributed by atoms with Gasteiger partial charge in [-0.3, -0.25) is 0 Å². The van der Waals surface area contributed by atoms with E-state index in [9.17, 15) is 0 Å². The third kappa shape index (κ3) is 2.30. The zero-order valence-electron chi connectivity index (χ0n) is 11.5. The molecule has 1 aliphatic carbocycles. The van der Waals surface area contributed by atoms with Crippen LogP contribution in [0.5, 0.6) is 0 Å². The molecule has 0 unspecified atom stereocenters. The summed E-state index contributed by atoms with van der Waals surface area (Å²) in [7, 11) is 0. The van der Waals surface area contributed by atoms with Crippen LogP contribution in [0.1, 0.15) is 24.1 Å².